The van der Waals surface area contributed by atoms with Crippen molar-refractivity contribution in [1.29, 1.82) is 0 Å². The van der Waals surface area contributed by atoms with E-state index in [4.69, 9.17) is 0 Å². The van der Waals surface area contributed by atoms with E-state index in [9.17, 15) is 4.79 Å². The second-order valence-electron chi connectivity index (χ2n) is 7.28. The van der Waals surface area contributed by atoms with Crippen LogP contribution < -0.4 is 5.32 Å². The third-order valence-electron chi connectivity index (χ3n) is 5.49. The van der Waals surface area contributed by atoms with E-state index in [2.05, 4.69) is 54.2 Å². The lowest BCUT2D eigenvalue weighted by molar-refractivity contribution is -0.121. The van der Waals surface area contributed by atoms with Crippen molar-refractivity contribution in [1.82, 2.24) is 15.2 Å². The monoisotopic (exact) mass is 341 g/mol. The molecule has 25 heavy (non-hydrogen) atoms. The predicted octanol–water partition coefficient (Wildman–Crippen LogP) is 3.57. The Morgan fingerprint density at radius 2 is 2.04 bits per heavy atom. The molecule has 3 rings (SSSR count). The number of aryl methyl sites for hydroxylation is 2. The number of fused-ring (bicyclic) bond motifs is 1. The lowest BCUT2D eigenvalue weighted by Crippen LogP contribution is -2.43. The second kappa shape index (κ2) is 8.05. The number of hydrogen-bond acceptors (Lipinski definition) is 2. The van der Waals surface area contributed by atoms with Gasteiger partial charge < -0.3 is 15.2 Å². The summed E-state index contributed by atoms with van der Waals surface area (Å²) in [7, 11) is 0. The first-order valence-electron chi connectivity index (χ1n) is 9.73. The Hall–Kier alpha value is -1.81. The molecule has 1 aromatic heterocycles. The molecule has 0 unspecified atom stereocenters. The average molecular weight is 341 g/mol. The lowest BCUT2D eigenvalue weighted by atomic mass is 10.0. The molecule has 0 bridgehead atoms. The van der Waals surface area contributed by atoms with Gasteiger partial charge in [-0.15, -0.1) is 0 Å². The van der Waals surface area contributed by atoms with Gasteiger partial charge in [0.15, 0.2) is 0 Å². The second-order valence-corrected chi connectivity index (χ2v) is 7.28. The molecule has 1 fully saturated rings. The van der Waals surface area contributed by atoms with Crippen molar-refractivity contribution >= 4 is 16.8 Å². The largest absolute Gasteiger partial charge is 0.358 e. The minimum atomic E-state index is 0.136. The molecule has 0 aliphatic carbocycles. The summed E-state index contributed by atoms with van der Waals surface area (Å²) in [5.41, 5.74) is 4.75. The highest BCUT2D eigenvalue weighted by atomic mass is 16.1. The molecule has 1 saturated heterocycles. The highest BCUT2D eigenvalue weighted by Gasteiger charge is 2.19. The number of aromatic nitrogens is 1. The molecule has 0 saturated carbocycles. The number of rotatable bonds is 7. The summed E-state index contributed by atoms with van der Waals surface area (Å²) in [5.74, 6) is 0.136. The maximum absolute atomic E-state index is 12.7. The normalized spacial score (nSPS) is 16.4. The van der Waals surface area contributed by atoms with Gasteiger partial charge in [-0.1, -0.05) is 32.0 Å². The number of carbonyl (C=O) groups excluding carboxylic acids is 1. The van der Waals surface area contributed by atoms with Crippen molar-refractivity contribution in [3.8, 4) is 0 Å². The number of likely N-dealkylation sites (tertiary alicyclic amines) is 1. The highest BCUT2D eigenvalue weighted by molar-refractivity contribution is 5.91. The van der Waals surface area contributed by atoms with Gasteiger partial charge >= 0.3 is 0 Å². The van der Waals surface area contributed by atoms with Crippen LogP contribution in [0.1, 0.15) is 49.9 Å². The molecular weight excluding hydrogens is 310 g/mol. The van der Waals surface area contributed by atoms with Crippen LogP contribution in [-0.4, -0.2) is 41.5 Å². The van der Waals surface area contributed by atoms with Gasteiger partial charge in [-0.05, 0) is 56.8 Å². The van der Waals surface area contributed by atoms with Crippen molar-refractivity contribution in [2.45, 2.75) is 58.9 Å². The van der Waals surface area contributed by atoms with E-state index in [0.29, 0.717) is 6.42 Å². The molecule has 1 atom stereocenters. The third kappa shape index (κ3) is 4.06. The SMILES string of the molecule is CCc1cccc2c(CC(=O)N[C@@H](CC)CN3CCCC3)c(C)[nH]c12. The van der Waals surface area contributed by atoms with E-state index >= 15 is 0 Å². The van der Waals surface area contributed by atoms with Gasteiger partial charge in [0, 0.05) is 29.2 Å². The molecule has 0 spiro atoms. The standard InChI is InChI=1S/C21H31N3O/c1-4-16-9-8-10-18-19(15(3)22-21(16)18)13-20(25)23-17(5-2)14-24-11-6-7-12-24/h8-10,17,22H,4-7,11-14H2,1-3H3,(H,23,25)/t17-/m0/s1. The zero-order chi connectivity index (χ0) is 17.8. The van der Waals surface area contributed by atoms with Crippen molar-refractivity contribution < 1.29 is 4.79 Å². The van der Waals surface area contributed by atoms with Crippen LogP contribution in [0.15, 0.2) is 18.2 Å². The molecular formula is C21H31N3O. The Labute approximate surface area is 151 Å². The number of H-pyrrole nitrogens is 1. The number of benzene rings is 1. The maximum Gasteiger partial charge on any atom is 0.224 e. The van der Waals surface area contributed by atoms with Gasteiger partial charge in [0.25, 0.3) is 0 Å². The van der Waals surface area contributed by atoms with Crippen LogP contribution >= 0.6 is 0 Å². The van der Waals surface area contributed by atoms with Crippen molar-refractivity contribution in [3.05, 3.63) is 35.0 Å². The van der Waals surface area contributed by atoms with Gasteiger partial charge in [-0.3, -0.25) is 4.79 Å². The summed E-state index contributed by atoms with van der Waals surface area (Å²) in [6.45, 7) is 9.73. The van der Waals surface area contributed by atoms with Crippen LogP contribution in [0.2, 0.25) is 0 Å². The number of nitrogens with zero attached hydrogens (tertiary/aromatic N) is 1. The van der Waals surface area contributed by atoms with Gasteiger partial charge in [-0.25, -0.2) is 0 Å². The van der Waals surface area contributed by atoms with E-state index in [-0.39, 0.29) is 11.9 Å². The third-order valence-corrected chi connectivity index (χ3v) is 5.49. The van der Waals surface area contributed by atoms with Crippen LogP contribution in [0.3, 0.4) is 0 Å². The van der Waals surface area contributed by atoms with Crippen molar-refractivity contribution in [2.24, 2.45) is 0 Å². The summed E-state index contributed by atoms with van der Waals surface area (Å²) in [5, 5.41) is 4.45. The van der Waals surface area contributed by atoms with Gasteiger partial charge in [0.2, 0.25) is 5.91 Å². The molecule has 4 nitrogen and oxygen atoms in total. The first kappa shape index (κ1) is 18.0. The fraction of sp³-hybridized carbons (Fsp3) is 0.571. The van der Waals surface area contributed by atoms with E-state index in [1.165, 1.54) is 42.4 Å². The number of nitrogens with one attached hydrogen (secondary N) is 2. The molecule has 2 heterocycles. The number of carbonyl (C=O) groups is 1. The Bertz CT molecular complexity index is 728. The van der Waals surface area contributed by atoms with Crippen LogP contribution in [0.4, 0.5) is 0 Å². The van der Waals surface area contributed by atoms with Gasteiger partial charge in [0.05, 0.1) is 6.42 Å². The summed E-state index contributed by atoms with van der Waals surface area (Å²) in [6, 6.07) is 6.63. The molecule has 4 heteroatoms. The minimum Gasteiger partial charge on any atom is -0.358 e. The first-order valence-corrected chi connectivity index (χ1v) is 9.73. The smallest absolute Gasteiger partial charge is 0.224 e. The lowest BCUT2D eigenvalue weighted by Gasteiger charge is -2.23. The Morgan fingerprint density at radius 1 is 1.28 bits per heavy atom. The summed E-state index contributed by atoms with van der Waals surface area (Å²) >= 11 is 0. The molecule has 1 aromatic carbocycles. The fourth-order valence-corrected chi connectivity index (χ4v) is 3.98. The molecule has 0 radical (unpaired) electrons. The van der Waals surface area contributed by atoms with Gasteiger partial charge in [0.1, 0.15) is 0 Å². The van der Waals surface area contributed by atoms with Crippen LogP contribution in [0.25, 0.3) is 10.9 Å². The highest BCUT2D eigenvalue weighted by Crippen LogP contribution is 2.26. The van der Waals surface area contributed by atoms with E-state index in [1.54, 1.807) is 0 Å². The molecule has 1 aliphatic rings. The molecule has 1 aliphatic heterocycles. The van der Waals surface area contributed by atoms with E-state index in [0.717, 1.165) is 30.6 Å². The topological polar surface area (TPSA) is 48.1 Å². The first-order chi connectivity index (χ1) is 12.1. The Balaban J connectivity index is 1.69. The molecule has 2 N–H and O–H groups in total. The number of aromatic amines is 1. The maximum atomic E-state index is 12.7. The van der Waals surface area contributed by atoms with Crippen molar-refractivity contribution in [2.75, 3.05) is 19.6 Å². The van der Waals surface area contributed by atoms with Gasteiger partial charge in [-0.2, -0.15) is 0 Å². The predicted molar refractivity (Wildman–Crippen MR) is 104 cm³/mol. The molecule has 136 valence electrons. The van der Waals surface area contributed by atoms with Crippen molar-refractivity contribution in [3.63, 3.8) is 0 Å². The zero-order valence-electron chi connectivity index (χ0n) is 15.8. The fourth-order valence-electron chi connectivity index (χ4n) is 3.98. The summed E-state index contributed by atoms with van der Waals surface area (Å²) < 4.78 is 0. The summed E-state index contributed by atoms with van der Waals surface area (Å²) in [4.78, 5) is 18.6. The number of para-hydroxylation sites is 1. The van der Waals surface area contributed by atoms with E-state index in [1.807, 2.05) is 0 Å². The van der Waals surface area contributed by atoms with E-state index < -0.39 is 0 Å². The van der Waals surface area contributed by atoms with Crippen LogP contribution in [0.5, 0.6) is 0 Å². The van der Waals surface area contributed by atoms with Crippen LogP contribution in [0, 0.1) is 6.92 Å². The quantitative estimate of drug-likeness (QED) is 0.809. The van der Waals surface area contributed by atoms with Crippen LogP contribution in [-0.2, 0) is 17.6 Å². The zero-order valence-corrected chi connectivity index (χ0v) is 15.8. The minimum absolute atomic E-state index is 0.136. The molecule has 2 aromatic rings. The summed E-state index contributed by atoms with van der Waals surface area (Å²) in [6.07, 6.45) is 5.01. The Kier molecular flexibility index (Phi) is 5.79. The number of amides is 1. The average Bonchev–Trinajstić information content (AvgIpc) is 3.22. The Morgan fingerprint density at radius 3 is 2.72 bits per heavy atom. The molecule has 1 amide bonds. The number of hydrogen-bond donors (Lipinski definition) is 2.